The molecule has 5 nitrogen and oxygen atoms in total. The number of para-hydroxylation sites is 1. The van der Waals surface area contributed by atoms with E-state index in [4.69, 9.17) is 0 Å². The van der Waals surface area contributed by atoms with Crippen LogP contribution in [-0.4, -0.2) is 29.1 Å². The minimum atomic E-state index is -0.0260. The molecule has 1 aromatic heterocycles. The second-order valence-corrected chi connectivity index (χ2v) is 6.12. The van der Waals surface area contributed by atoms with Gasteiger partial charge in [-0.15, -0.1) is 0 Å². The van der Waals surface area contributed by atoms with E-state index in [9.17, 15) is 9.90 Å². The fraction of sp³-hybridized carbons (Fsp3) is 0.368. The molecule has 0 radical (unpaired) electrons. The van der Waals surface area contributed by atoms with Gasteiger partial charge in [0, 0.05) is 32.3 Å². The summed E-state index contributed by atoms with van der Waals surface area (Å²) >= 11 is 0. The highest BCUT2D eigenvalue weighted by Crippen LogP contribution is 2.18. The number of hydrogen-bond donors (Lipinski definition) is 2. The predicted octanol–water partition coefficient (Wildman–Crippen LogP) is 2.64. The van der Waals surface area contributed by atoms with E-state index in [2.05, 4.69) is 15.2 Å². The molecule has 1 aromatic carbocycles. The van der Waals surface area contributed by atoms with Crippen LogP contribution in [0, 0.1) is 0 Å². The molecule has 0 unspecified atom stereocenters. The van der Waals surface area contributed by atoms with Crippen molar-refractivity contribution >= 4 is 11.7 Å². The van der Waals surface area contributed by atoms with Crippen molar-refractivity contribution < 1.29 is 9.90 Å². The summed E-state index contributed by atoms with van der Waals surface area (Å²) in [6.45, 7) is 2.64. The largest absolute Gasteiger partial charge is 0.508 e. The van der Waals surface area contributed by atoms with Gasteiger partial charge in [-0.25, -0.2) is 4.98 Å². The molecule has 0 spiro atoms. The molecule has 2 heterocycles. The molecule has 2 aromatic rings. The highest BCUT2D eigenvalue weighted by Gasteiger charge is 2.13. The average molecular weight is 325 g/mol. The van der Waals surface area contributed by atoms with Crippen LogP contribution in [-0.2, 0) is 17.8 Å². The van der Waals surface area contributed by atoms with Gasteiger partial charge in [-0.1, -0.05) is 24.3 Å². The van der Waals surface area contributed by atoms with Crippen molar-refractivity contribution in [2.45, 2.75) is 32.2 Å². The molecule has 0 aliphatic carbocycles. The van der Waals surface area contributed by atoms with Crippen molar-refractivity contribution in [3.63, 3.8) is 0 Å². The second-order valence-electron chi connectivity index (χ2n) is 6.12. The Morgan fingerprint density at radius 2 is 1.96 bits per heavy atom. The number of phenols is 1. The summed E-state index contributed by atoms with van der Waals surface area (Å²) in [6.07, 6.45) is 5.19. The summed E-state index contributed by atoms with van der Waals surface area (Å²) in [5, 5.41) is 12.6. The summed E-state index contributed by atoms with van der Waals surface area (Å²) < 4.78 is 0. The van der Waals surface area contributed by atoms with Crippen LogP contribution in [0.5, 0.6) is 5.75 Å². The van der Waals surface area contributed by atoms with Crippen LogP contribution >= 0.6 is 0 Å². The Morgan fingerprint density at radius 1 is 1.17 bits per heavy atom. The molecule has 0 saturated carbocycles. The predicted molar refractivity (Wildman–Crippen MR) is 94.0 cm³/mol. The maximum atomic E-state index is 12.0. The number of nitrogens with one attached hydrogen (secondary N) is 1. The number of aromatic hydroxyl groups is 1. The molecule has 1 saturated heterocycles. The van der Waals surface area contributed by atoms with Gasteiger partial charge in [0.2, 0.25) is 5.91 Å². The number of rotatable bonds is 6. The summed E-state index contributed by atoms with van der Waals surface area (Å²) in [7, 11) is 0. The van der Waals surface area contributed by atoms with Crippen LogP contribution in [0.1, 0.15) is 30.4 Å². The number of hydrogen-bond acceptors (Lipinski definition) is 4. The van der Waals surface area contributed by atoms with Gasteiger partial charge < -0.3 is 15.3 Å². The molecule has 126 valence electrons. The number of pyridine rings is 1. The van der Waals surface area contributed by atoms with Crippen LogP contribution in [0.4, 0.5) is 5.82 Å². The maximum Gasteiger partial charge on any atom is 0.220 e. The normalized spacial score (nSPS) is 13.9. The number of nitrogens with zero attached hydrogens (tertiary/aromatic N) is 2. The molecule has 1 aliphatic rings. The summed E-state index contributed by atoms with van der Waals surface area (Å²) in [5.41, 5.74) is 1.79. The van der Waals surface area contributed by atoms with Crippen LogP contribution in [0.3, 0.4) is 0 Å². The van der Waals surface area contributed by atoms with Crippen LogP contribution < -0.4 is 10.2 Å². The lowest BCUT2D eigenvalue weighted by atomic mass is 10.1. The lowest BCUT2D eigenvalue weighted by molar-refractivity contribution is -0.121. The number of aryl methyl sites for hydroxylation is 1. The molecular weight excluding hydrogens is 302 g/mol. The molecule has 2 N–H and O–H groups in total. The van der Waals surface area contributed by atoms with Gasteiger partial charge >= 0.3 is 0 Å². The Morgan fingerprint density at radius 3 is 2.67 bits per heavy atom. The lowest BCUT2D eigenvalue weighted by Gasteiger charge is -2.16. The van der Waals surface area contributed by atoms with Gasteiger partial charge in [0.15, 0.2) is 0 Å². The van der Waals surface area contributed by atoms with E-state index in [1.807, 2.05) is 30.5 Å². The first-order valence-corrected chi connectivity index (χ1v) is 8.46. The van der Waals surface area contributed by atoms with Crippen molar-refractivity contribution in [3.8, 4) is 5.75 Å². The Bertz CT molecular complexity index is 679. The molecule has 5 heteroatoms. The fourth-order valence-corrected chi connectivity index (χ4v) is 2.91. The zero-order valence-electron chi connectivity index (χ0n) is 13.7. The minimum Gasteiger partial charge on any atom is -0.508 e. The monoisotopic (exact) mass is 325 g/mol. The number of amides is 1. The lowest BCUT2D eigenvalue weighted by Crippen LogP contribution is -2.23. The zero-order valence-corrected chi connectivity index (χ0v) is 13.7. The van der Waals surface area contributed by atoms with E-state index in [0.29, 0.717) is 19.4 Å². The van der Waals surface area contributed by atoms with Gasteiger partial charge in [-0.05, 0) is 42.5 Å². The number of phenolic OH excluding ortho intramolecular Hbond substituents is 1. The molecule has 0 bridgehead atoms. The topological polar surface area (TPSA) is 65.5 Å². The Hall–Kier alpha value is -2.56. The highest BCUT2D eigenvalue weighted by molar-refractivity contribution is 5.76. The van der Waals surface area contributed by atoms with Crippen molar-refractivity contribution in [2.75, 3.05) is 18.0 Å². The zero-order chi connectivity index (χ0) is 16.8. The number of anilines is 1. The molecular formula is C19H23N3O2. The van der Waals surface area contributed by atoms with Crippen molar-refractivity contribution in [2.24, 2.45) is 0 Å². The second kappa shape index (κ2) is 7.81. The van der Waals surface area contributed by atoms with Crippen molar-refractivity contribution in [1.29, 1.82) is 0 Å². The highest BCUT2D eigenvalue weighted by atomic mass is 16.3. The van der Waals surface area contributed by atoms with Crippen LogP contribution in [0.15, 0.2) is 42.6 Å². The minimum absolute atomic E-state index is 0.0260. The molecule has 24 heavy (non-hydrogen) atoms. The van der Waals surface area contributed by atoms with Gasteiger partial charge in [-0.2, -0.15) is 0 Å². The van der Waals surface area contributed by atoms with Crippen LogP contribution in [0.25, 0.3) is 0 Å². The molecule has 0 atom stereocenters. The third kappa shape index (κ3) is 4.25. The Balaban J connectivity index is 1.45. The van der Waals surface area contributed by atoms with E-state index >= 15 is 0 Å². The third-order valence-electron chi connectivity index (χ3n) is 4.34. The third-order valence-corrected chi connectivity index (χ3v) is 4.34. The van der Waals surface area contributed by atoms with E-state index < -0.39 is 0 Å². The SMILES string of the molecule is O=C(CCc1ccccc1O)NCc1ccc(N2CCCC2)nc1. The average Bonchev–Trinajstić information content (AvgIpc) is 3.14. The van der Waals surface area contributed by atoms with E-state index in [-0.39, 0.29) is 11.7 Å². The van der Waals surface area contributed by atoms with Crippen LogP contribution in [0.2, 0.25) is 0 Å². The molecule has 1 aliphatic heterocycles. The van der Waals surface area contributed by atoms with Crippen molar-refractivity contribution in [1.82, 2.24) is 10.3 Å². The summed E-state index contributed by atoms with van der Waals surface area (Å²) in [4.78, 5) is 18.7. The molecule has 1 amide bonds. The Labute approximate surface area is 142 Å². The maximum absolute atomic E-state index is 12.0. The van der Waals surface area contributed by atoms with Gasteiger partial charge in [0.25, 0.3) is 0 Å². The number of carbonyl (C=O) groups excluding carboxylic acids is 1. The quantitative estimate of drug-likeness (QED) is 0.857. The Kier molecular flexibility index (Phi) is 5.31. The van der Waals surface area contributed by atoms with E-state index in [1.54, 1.807) is 12.1 Å². The van der Waals surface area contributed by atoms with E-state index in [0.717, 1.165) is 30.0 Å². The summed E-state index contributed by atoms with van der Waals surface area (Å²) in [6, 6.07) is 11.2. The first kappa shape index (κ1) is 16.3. The van der Waals surface area contributed by atoms with Crippen molar-refractivity contribution in [3.05, 3.63) is 53.7 Å². The van der Waals surface area contributed by atoms with E-state index in [1.165, 1.54) is 12.8 Å². The first-order chi connectivity index (χ1) is 11.7. The molecule has 3 rings (SSSR count). The molecule has 1 fully saturated rings. The summed E-state index contributed by atoms with van der Waals surface area (Å²) in [5.74, 6) is 1.23. The van der Waals surface area contributed by atoms with Gasteiger partial charge in [0.05, 0.1) is 0 Å². The smallest absolute Gasteiger partial charge is 0.220 e. The standard InChI is InChI=1S/C19H23N3O2/c23-17-6-2-1-5-16(17)8-10-19(24)21-14-15-7-9-18(20-13-15)22-11-3-4-12-22/h1-2,5-7,9,13,23H,3-4,8,10-12,14H2,(H,21,24). The number of aromatic nitrogens is 1. The fourth-order valence-electron chi connectivity index (χ4n) is 2.91. The number of benzene rings is 1. The number of carbonyl (C=O) groups is 1. The van der Waals surface area contributed by atoms with Gasteiger partial charge in [0.1, 0.15) is 11.6 Å². The van der Waals surface area contributed by atoms with Gasteiger partial charge in [-0.3, -0.25) is 4.79 Å². The first-order valence-electron chi connectivity index (χ1n) is 8.46.